The van der Waals surface area contributed by atoms with Crippen LogP contribution in [0, 0.1) is 16.7 Å². The Morgan fingerprint density at radius 3 is 2.45 bits per heavy atom. The van der Waals surface area contributed by atoms with Crippen LogP contribution in [0.5, 0.6) is 0 Å². The van der Waals surface area contributed by atoms with Gasteiger partial charge in [-0.15, -0.1) is 0 Å². The molecule has 3 saturated carbocycles. The van der Waals surface area contributed by atoms with E-state index in [1.807, 2.05) is 0 Å². The van der Waals surface area contributed by atoms with Crippen LogP contribution in [0.1, 0.15) is 38.5 Å². The van der Waals surface area contributed by atoms with Gasteiger partial charge in [-0.2, -0.15) is 5.26 Å². The Hall–Kier alpha value is 0.220. The monoisotopic (exact) mass is 261 g/mol. The normalized spacial score (nSPS) is 45.5. The van der Waals surface area contributed by atoms with Gasteiger partial charge in [-0.25, -0.2) is 0 Å². The Morgan fingerprint density at radius 2 is 2.00 bits per heavy atom. The molecular formula is C9H12IN. The molecule has 3 rings (SSSR count). The van der Waals surface area contributed by atoms with E-state index >= 15 is 0 Å². The van der Waals surface area contributed by atoms with Crippen LogP contribution < -0.4 is 0 Å². The summed E-state index contributed by atoms with van der Waals surface area (Å²) in [6.45, 7) is 0. The SMILES string of the molecule is N#CCCCC12CC(I)(C1)C2. The lowest BCUT2D eigenvalue weighted by atomic mass is 9.43. The molecule has 3 aliphatic rings. The lowest BCUT2D eigenvalue weighted by Crippen LogP contribution is -2.62. The van der Waals surface area contributed by atoms with E-state index in [-0.39, 0.29) is 0 Å². The average molecular weight is 261 g/mol. The summed E-state index contributed by atoms with van der Waals surface area (Å²) in [5.41, 5.74) is 0.720. The van der Waals surface area contributed by atoms with Gasteiger partial charge in [0, 0.05) is 9.84 Å². The molecule has 0 aromatic carbocycles. The van der Waals surface area contributed by atoms with E-state index in [0.29, 0.717) is 3.42 Å². The Bertz CT molecular complexity index is 196. The van der Waals surface area contributed by atoms with Crippen LogP contribution in [0.2, 0.25) is 0 Å². The third-order valence-corrected chi connectivity index (χ3v) is 4.22. The quantitative estimate of drug-likeness (QED) is 0.435. The third-order valence-electron chi connectivity index (χ3n) is 3.07. The van der Waals surface area contributed by atoms with Crippen LogP contribution >= 0.6 is 22.6 Å². The molecule has 0 radical (unpaired) electrons. The molecule has 11 heavy (non-hydrogen) atoms. The van der Waals surface area contributed by atoms with E-state index in [1.165, 1.54) is 25.7 Å². The Morgan fingerprint density at radius 1 is 1.36 bits per heavy atom. The topological polar surface area (TPSA) is 23.8 Å². The minimum atomic E-state index is 0.713. The predicted molar refractivity (Wildman–Crippen MR) is 52.5 cm³/mol. The van der Waals surface area contributed by atoms with Crippen LogP contribution in [-0.4, -0.2) is 3.42 Å². The zero-order valence-electron chi connectivity index (χ0n) is 6.57. The van der Waals surface area contributed by atoms with Gasteiger partial charge in [-0.3, -0.25) is 0 Å². The lowest BCUT2D eigenvalue weighted by Gasteiger charge is -2.68. The maximum Gasteiger partial charge on any atom is 0.0621 e. The summed E-state index contributed by atoms with van der Waals surface area (Å²) in [5, 5.41) is 8.37. The molecule has 0 heterocycles. The number of unbranched alkanes of at least 4 members (excludes halogenated alkanes) is 1. The van der Waals surface area contributed by atoms with Crippen LogP contribution in [-0.2, 0) is 0 Å². The smallest absolute Gasteiger partial charge is 0.0621 e. The summed E-state index contributed by atoms with van der Waals surface area (Å²) in [4.78, 5) is 0. The number of nitrogens with zero attached hydrogens (tertiary/aromatic N) is 1. The molecule has 3 fully saturated rings. The van der Waals surface area contributed by atoms with Crippen molar-refractivity contribution in [3.63, 3.8) is 0 Å². The zero-order chi connectivity index (χ0) is 7.95. The second-order valence-electron chi connectivity index (χ2n) is 4.19. The summed E-state index contributed by atoms with van der Waals surface area (Å²) in [5.74, 6) is 0. The van der Waals surface area contributed by atoms with E-state index in [2.05, 4.69) is 28.7 Å². The van der Waals surface area contributed by atoms with Crippen molar-refractivity contribution in [1.82, 2.24) is 0 Å². The molecule has 0 aromatic heterocycles. The van der Waals surface area contributed by atoms with E-state index in [9.17, 15) is 0 Å². The largest absolute Gasteiger partial charge is 0.198 e. The number of hydrogen-bond donors (Lipinski definition) is 0. The maximum atomic E-state index is 8.37. The molecule has 3 aliphatic carbocycles. The molecule has 0 spiro atoms. The van der Waals surface area contributed by atoms with Crippen molar-refractivity contribution in [2.75, 3.05) is 0 Å². The molecule has 0 saturated heterocycles. The summed E-state index contributed by atoms with van der Waals surface area (Å²) in [6.07, 6.45) is 7.51. The fourth-order valence-corrected chi connectivity index (χ4v) is 5.10. The average Bonchev–Trinajstić information content (AvgIpc) is 1.82. The molecule has 2 heteroatoms. The van der Waals surface area contributed by atoms with Gasteiger partial charge in [0.1, 0.15) is 0 Å². The van der Waals surface area contributed by atoms with E-state index in [0.717, 1.165) is 18.3 Å². The number of rotatable bonds is 3. The molecule has 0 atom stereocenters. The van der Waals surface area contributed by atoms with Gasteiger partial charge in [0.25, 0.3) is 0 Å². The van der Waals surface area contributed by atoms with Gasteiger partial charge in [-0.1, -0.05) is 22.6 Å². The third kappa shape index (κ3) is 1.18. The van der Waals surface area contributed by atoms with Crippen molar-refractivity contribution in [3.05, 3.63) is 0 Å². The van der Waals surface area contributed by atoms with Gasteiger partial charge in [0.15, 0.2) is 0 Å². The molecule has 2 bridgehead atoms. The highest BCUT2D eigenvalue weighted by Gasteiger charge is 2.65. The Balaban J connectivity index is 1.71. The van der Waals surface area contributed by atoms with Crippen molar-refractivity contribution in [2.45, 2.75) is 41.9 Å². The number of alkyl halides is 1. The minimum absolute atomic E-state index is 0.713. The van der Waals surface area contributed by atoms with E-state index < -0.39 is 0 Å². The van der Waals surface area contributed by atoms with Crippen molar-refractivity contribution < 1.29 is 0 Å². The van der Waals surface area contributed by atoms with Crippen molar-refractivity contribution in [3.8, 4) is 6.07 Å². The zero-order valence-corrected chi connectivity index (χ0v) is 8.73. The molecule has 0 aromatic rings. The molecule has 60 valence electrons. The molecule has 0 unspecified atom stereocenters. The van der Waals surface area contributed by atoms with Gasteiger partial charge in [0.2, 0.25) is 0 Å². The first-order chi connectivity index (χ1) is 5.18. The van der Waals surface area contributed by atoms with Crippen molar-refractivity contribution in [2.24, 2.45) is 5.41 Å². The van der Waals surface area contributed by atoms with Gasteiger partial charge >= 0.3 is 0 Å². The van der Waals surface area contributed by atoms with E-state index in [1.54, 1.807) is 0 Å². The van der Waals surface area contributed by atoms with Gasteiger partial charge < -0.3 is 0 Å². The number of nitriles is 1. The first kappa shape index (κ1) is 7.85. The highest BCUT2D eigenvalue weighted by atomic mass is 127. The number of halogens is 1. The standard InChI is InChI=1S/C9H12IN/c10-9-5-8(6-9,7-9)3-1-2-4-11/h1-3,5-7H2. The Labute approximate surface area is 81.3 Å². The molecular weight excluding hydrogens is 249 g/mol. The highest BCUT2D eigenvalue weighted by Crippen LogP contribution is 2.73. The summed E-state index contributed by atoms with van der Waals surface area (Å²) in [7, 11) is 0. The fourth-order valence-electron chi connectivity index (χ4n) is 2.67. The summed E-state index contributed by atoms with van der Waals surface area (Å²) in [6, 6.07) is 2.21. The second-order valence-corrected chi connectivity index (χ2v) is 6.48. The molecule has 0 N–H and O–H groups in total. The van der Waals surface area contributed by atoms with Crippen LogP contribution in [0.25, 0.3) is 0 Å². The highest BCUT2D eigenvalue weighted by molar-refractivity contribution is 14.1. The Kier molecular flexibility index (Phi) is 1.68. The first-order valence-corrected chi connectivity index (χ1v) is 5.32. The van der Waals surface area contributed by atoms with Crippen molar-refractivity contribution in [1.29, 1.82) is 5.26 Å². The van der Waals surface area contributed by atoms with Gasteiger partial charge in [0.05, 0.1) is 6.07 Å². The van der Waals surface area contributed by atoms with E-state index in [4.69, 9.17) is 5.26 Å². The van der Waals surface area contributed by atoms with Crippen LogP contribution in [0.3, 0.4) is 0 Å². The minimum Gasteiger partial charge on any atom is -0.198 e. The lowest BCUT2D eigenvalue weighted by molar-refractivity contribution is -0.0704. The van der Waals surface area contributed by atoms with Crippen LogP contribution in [0.15, 0.2) is 0 Å². The predicted octanol–water partition coefficient (Wildman–Crippen LogP) is 3.04. The first-order valence-electron chi connectivity index (χ1n) is 4.24. The van der Waals surface area contributed by atoms with Crippen LogP contribution in [0.4, 0.5) is 0 Å². The maximum absolute atomic E-state index is 8.37. The second kappa shape index (κ2) is 2.35. The summed E-state index contributed by atoms with van der Waals surface area (Å²) < 4.78 is 0.713. The molecule has 0 amide bonds. The molecule has 0 aliphatic heterocycles. The summed E-state index contributed by atoms with van der Waals surface area (Å²) >= 11 is 2.60. The fraction of sp³-hybridized carbons (Fsp3) is 0.889. The number of hydrogen-bond acceptors (Lipinski definition) is 1. The van der Waals surface area contributed by atoms with Gasteiger partial charge in [-0.05, 0) is 37.5 Å². The molecule has 1 nitrogen and oxygen atoms in total. The van der Waals surface area contributed by atoms with Crippen molar-refractivity contribution >= 4 is 22.6 Å².